The maximum absolute atomic E-state index is 11.8. The third-order valence-electron chi connectivity index (χ3n) is 4.00. The Labute approximate surface area is 156 Å². The van der Waals surface area contributed by atoms with Gasteiger partial charge in [0.2, 0.25) is 0 Å². The predicted molar refractivity (Wildman–Crippen MR) is 104 cm³/mol. The predicted octanol–water partition coefficient (Wildman–Crippen LogP) is 3.84. The van der Waals surface area contributed by atoms with Crippen molar-refractivity contribution in [3.8, 4) is 0 Å². The van der Waals surface area contributed by atoms with E-state index in [4.69, 9.17) is 0 Å². The number of carbonyl (C=O) groups is 3. The summed E-state index contributed by atoms with van der Waals surface area (Å²) < 4.78 is 0. The largest absolute Gasteiger partial charge is 0.480 e. The number of Topliss-reactive ketones (excluding diaryl/α,β-unsaturated/α-hetero) is 2. The average molecular weight is 374 g/mol. The number of nitrogens with one attached hydrogen (secondary N) is 1. The molecule has 0 aliphatic heterocycles. The summed E-state index contributed by atoms with van der Waals surface area (Å²) in [5, 5.41) is 12.5. The van der Waals surface area contributed by atoms with Gasteiger partial charge in [-0.25, -0.2) is 0 Å². The van der Waals surface area contributed by atoms with Crippen LogP contribution in [0.4, 0.5) is 0 Å². The highest BCUT2D eigenvalue weighted by Crippen LogP contribution is 2.17. The average Bonchev–Trinajstić information content (AvgIpc) is 2.54. The van der Waals surface area contributed by atoms with Gasteiger partial charge in [0.05, 0.1) is 0 Å². The first-order valence-corrected chi connectivity index (χ1v) is 10.5. The molecule has 25 heavy (non-hydrogen) atoms. The van der Waals surface area contributed by atoms with Gasteiger partial charge in [-0.3, -0.25) is 14.4 Å². The molecule has 0 spiro atoms. The first-order valence-electron chi connectivity index (χ1n) is 9.43. The molecule has 2 unspecified atom stereocenters. The second-order valence-corrected chi connectivity index (χ2v) is 8.27. The first kappa shape index (κ1) is 24.1. The third kappa shape index (κ3) is 13.0. The quantitative estimate of drug-likeness (QED) is 0.428. The van der Waals surface area contributed by atoms with Gasteiger partial charge < -0.3 is 10.4 Å². The summed E-state index contributed by atoms with van der Waals surface area (Å²) in [6, 6.07) is -0.861. The van der Waals surface area contributed by atoms with Gasteiger partial charge in [-0.15, -0.1) is 0 Å². The van der Waals surface area contributed by atoms with Crippen LogP contribution in [0.2, 0.25) is 0 Å². The van der Waals surface area contributed by atoms with Crippen molar-refractivity contribution in [3.63, 3.8) is 0 Å². The van der Waals surface area contributed by atoms with Gasteiger partial charge in [-0.1, -0.05) is 33.6 Å². The Kier molecular flexibility index (Phi) is 13.8. The standard InChI is InChI=1S/C19H35NO4S/c1-5-7-9-16(21)11-14(3)20-18(19(23)24)13-25-15(4)12-17(22)10-8-6-2/h14-15,18,20H,5-13H2,1-4H3,(H,23,24)/t14?,15?,18-/m0/s1. The lowest BCUT2D eigenvalue weighted by atomic mass is 10.1. The van der Waals surface area contributed by atoms with E-state index in [-0.39, 0.29) is 22.9 Å². The van der Waals surface area contributed by atoms with E-state index in [9.17, 15) is 19.5 Å². The lowest BCUT2D eigenvalue weighted by Crippen LogP contribution is -2.44. The van der Waals surface area contributed by atoms with E-state index in [1.165, 1.54) is 11.8 Å². The van der Waals surface area contributed by atoms with Crippen LogP contribution in [0.25, 0.3) is 0 Å². The number of hydrogen-bond donors (Lipinski definition) is 2. The van der Waals surface area contributed by atoms with Crippen molar-refractivity contribution >= 4 is 29.3 Å². The van der Waals surface area contributed by atoms with E-state index in [0.717, 1.165) is 25.7 Å². The van der Waals surface area contributed by atoms with Crippen molar-refractivity contribution in [1.82, 2.24) is 5.32 Å². The van der Waals surface area contributed by atoms with E-state index in [2.05, 4.69) is 12.2 Å². The van der Waals surface area contributed by atoms with Gasteiger partial charge in [-0.2, -0.15) is 11.8 Å². The van der Waals surface area contributed by atoms with Crippen molar-refractivity contribution in [1.29, 1.82) is 0 Å². The highest BCUT2D eigenvalue weighted by Gasteiger charge is 2.22. The Balaban J connectivity index is 4.26. The van der Waals surface area contributed by atoms with Crippen molar-refractivity contribution in [2.75, 3.05) is 5.75 Å². The lowest BCUT2D eigenvalue weighted by molar-refractivity contribution is -0.139. The van der Waals surface area contributed by atoms with Gasteiger partial charge in [-0.05, 0) is 19.8 Å². The number of rotatable bonds is 16. The van der Waals surface area contributed by atoms with Crippen molar-refractivity contribution < 1.29 is 19.5 Å². The molecule has 2 N–H and O–H groups in total. The lowest BCUT2D eigenvalue weighted by Gasteiger charge is -2.21. The van der Waals surface area contributed by atoms with Crippen LogP contribution in [0, 0.1) is 0 Å². The summed E-state index contributed by atoms with van der Waals surface area (Å²) >= 11 is 1.50. The molecular formula is C19H35NO4S. The van der Waals surface area contributed by atoms with Crippen molar-refractivity contribution in [2.24, 2.45) is 0 Å². The second kappa shape index (κ2) is 14.3. The van der Waals surface area contributed by atoms with Crippen LogP contribution >= 0.6 is 11.8 Å². The molecule has 0 rings (SSSR count). The fraction of sp³-hybridized carbons (Fsp3) is 0.842. The molecule has 0 bridgehead atoms. The molecule has 0 fully saturated rings. The zero-order chi connectivity index (χ0) is 19.2. The highest BCUT2D eigenvalue weighted by atomic mass is 32.2. The van der Waals surface area contributed by atoms with E-state index in [1.807, 2.05) is 20.8 Å². The molecule has 0 radical (unpaired) electrons. The molecule has 0 aliphatic carbocycles. The number of carboxylic acid groups (broad SMARTS) is 1. The fourth-order valence-electron chi connectivity index (χ4n) is 2.53. The summed E-state index contributed by atoms with van der Waals surface area (Å²) in [5.74, 6) is -0.0969. The molecule has 0 aromatic carbocycles. The smallest absolute Gasteiger partial charge is 0.321 e. The molecule has 0 aromatic rings. The molecule has 0 aromatic heterocycles. The number of ketones is 2. The summed E-state index contributed by atoms with van der Waals surface area (Å²) in [6.45, 7) is 7.91. The molecule has 3 atom stereocenters. The number of hydrogen-bond acceptors (Lipinski definition) is 5. The maximum atomic E-state index is 11.8. The van der Waals surface area contributed by atoms with Gasteiger partial charge in [0.15, 0.2) is 0 Å². The molecule has 0 amide bonds. The van der Waals surface area contributed by atoms with Crippen LogP contribution in [0.1, 0.15) is 79.1 Å². The second-order valence-electron chi connectivity index (χ2n) is 6.80. The van der Waals surface area contributed by atoms with Crippen molar-refractivity contribution in [2.45, 2.75) is 96.4 Å². The number of aliphatic carboxylic acids is 1. The topological polar surface area (TPSA) is 83.5 Å². The Hall–Kier alpha value is -0.880. The fourth-order valence-corrected chi connectivity index (χ4v) is 3.59. The molecule has 0 saturated heterocycles. The van der Waals surface area contributed by atoms with Gasteiger partial charge >= 0.3 is 5.97 Å². The molecule has 0 aliphatic rings. The third-order valence-corrected chi connectivity index (χ3v) is 5.26. The minimum atomic E-state index is -0.912. The molecular weight excluding hydrogens is 338 g/mol. The number of unbranched alkanes of at least 4 members (excludes halogenated alkanes) is 2. The minimum Gasteiger partial charge on any atom is -0.480 e. The van der Waals surface area contributed by atoms with Crippen LogP contribution in [0.5, 0.6) is 0 Å². The van der Waals surface area contributed by atoms with E-state index < -0.39 is 12.0 Å². The molecule has 6 heteroatoms. The zero-order valence-corrected chi connectivity index (χ0v) is 17.0. The van der Waals surface area contributed by atoms with E-state index >= 15 is 0 Å². The highest BCUT2D eigenvalue weighted by molar-refractivity contribution is 7.99. The Bertz CT molecular complexity index is 414. The van der Waals surface area contributed by atoms with Gasteiger partial charge in [0, 0.05) is 42.7 Å². The normalized spacial score (nSPS) is 14.7. The SMILES string of the molecule is CCCCC(=O)CC(C)N[C@@H](CSC(C)CC(=O)CCCC)C(=O)O. The minimum absolute atomic E-state index is 0.106. The molecule has 0 saturated carbocycles. The monoisotopic (exact) mass is 373 g/mol. The molecule has 5 nitrogen and oxygen atoms in total. The van der Waals surface area contributed by atoms with Crippen LogP contribution in [-0.4, -0.2) is 45.7 Å². The number of carboxylic acids is 1. The van der Waals surface area contributed by atoms with Crippen LogP contribution in [0.3, 0.4) is 0 Å². The van der Waals surface area contributed by atoms with Gasteiger partial charge in [0.25, 0.3) is 0 Å². The Morgan fingerprint density at radius 3 is 1.96 bits per heavy atom. The summed E-state index contributed by atoms with van der Waals surface area (Å²) in [5.41, 5.74) is 0. The zero-order valence-electron chi connectivity index (χ0n) is 16.2. The number of thioether (sulfide) groups is 1. The van der Waals surface area contributed by atoms with E-state index in [1.54, 1.807) is 0 Å². The van der Waals surface area contributed by atoms with Crippen molar-refractivity contribution in [3.05, 3.63) is 0 Å². The Morgan fingerprint density at radius 2 is 1.48 bits per heavy atom. The summed E-state index contributed by atoms with van der Waals surface area (Å²) in [6.07, 6.45) is 5.81. The van der Waals surface area contributed by atoms with Crippen LogP contribution in [-0.2, 0) is 14.4 Å². The molecule has 146 valence electrons. The Morgan fingerprint density at radius 1 is 0.960 bits per heavy atom. The van der Waals surface area contributed by atoms with Gasteiger partial charge in [0.1, 0.15) is 17.6 Å². The maximum Gasteiger partial charge on any atom is 0.321 e. The van der Waals surface area contributed by atoms with Crippen LogP contribution < -0.4 is 5.32 Å². The van der Waals surface area contributed by atoms with Crippen LogP contribution in [0.15, 0.2) is 0 Å². The summed E-state index contributed by atoms with van der Waals surface area (Å²) in [4.78, 5) is 35.0. The first-order chi connectivity index (χ1) is 11.8. The summed E-state index contributed by atoms with van der Waals surface area (Å²) in [7, 11) is 0. The number of carbonyl (C=O) groups excluding carboxylic acids is 2. The van der Waals surface area contributed by atoms with E-state index in [0.29, 0.717) is 31.4 Å². The molecule has 0 heterocycles.